The first-order chi connectivity index (χ1) is 13.9. The molecule has 0 radical (unpaired) electrons. The minimum absolute atomic E-state index is 0.0665. The van der Waals surface area contributed by atoms with Crippen molar-refractivity contribution in [3.05, 3.63) is 52.0 Å². The highest BCUT2D eigenvalue weighted by Gasteiger charge is 2.29. The number of hydrogen-bond donors (Lipinski definition) is 1. The van der Waals surface area contributed by atoms with E-state index in [9.17, 15) is 4.79 Å². The second-order valence-electron chi connectivity index (χ2n) is 7.69. The molecule has 0 aliphatic carbocycles. The smallest absolute Gasteiger partial charge is 0.231 e. The van der Waals surface area contributed by atoms with E-state index in [0.29, 0.717) is 29.7 Å². The molecule has 0 bridgehead atoms. The summed E-state index contributed by atoms with van der Waals surface area (Å²) in [4.78, 5) is 24.2. The van der Waals surface area contributed by atoms with E-state index >= 15 is 0 Å². The van der Waals surface area contributed by atoms with Crippen LogP contribution in [0.1, 0.15) is 35.6 Å². The molecule has 1 saturated heterocycles. The molecule has 7 heteroatoms. The fourth-order valence-corrected chi connectivity index (χ4v) is 4.14. The fourth-order valence-electron chi connectivity index (χ4n) is 3.93. The number of piperidine rings is 1. The maximum atomic E-state index is 12.8. The number of aromatic nitrogens is 2. The Morgan fingerprint density at radius 3 is 2.93 bits per heavy atom. The number of carbonyl (C=O) groups excluding carboxylic acids is 1. The largest absolute Gasteiger partial charge is 0.443 e. The Morgan fingerprint density at radius 1 is 1.31 bits per heavy atom. The average Bonchev–Trinajstić information content (AvgIpc) is 2.99. The molecule has 1 aliphatic heterocycles. The number of amides is 1. The monoisotopic (exact) mass is 412 g/mol. The van der Waals surface area contributed by atoms with Crippen molar-refractivity contribution in [1.82, 2.24) is 15.3 Å². The van der Waals surface area contributed by atoms with Crippen molar-refractivity contribution in [3.63, 3.8) is 0 Å². The van der Waals surface area contributed by atoms with Crippen LogP contribution in [0.15, 0.2) is 28.7 Å². The van der Waals surface area contributed by atoms with Crippen molar-refractivity contribution >= 4 is 34.4 Å². The second-order valence-corrected chi connectivity index (χ2v) is 8.13. The quantitative estimate of drug-likeness (QED) is 0.690. The van der Waals surface area contributed by atoms with Crippen molar-refractivity contribution in [3.8, 4) is 0 Å². The number of benzene rings is 1. The third kappa shape index (κ3) is 4.08. The molecule has 0 saturated carbocycles. The fraction of sp³-hybridized carbons (Fsp3) is 0.409. The number of aryl methyl sites for hydroxylation is 3. The van der Waals surface area contributed by atoms with Gasteiger partial charge in [0, 0.05) is 30.2 Å². The average molecular weight is 413 g/mol. The van der Waals surface area contributed by atoms with Gasteiger partial charge in [0.2, 0.25) is 11.6 Å². The van der Waals surface area contributed by atoms with E-state index in [0.717, 1.165) is 47.5 Å². The van der Waals surface area contributed by atoms with Crippen LogP contribution in [-0.4, -0.2) is 29.0 Å². The van der Waals surface area contributed by atoms with Crippen LogP contribution in [0, 0.1) is 26.7 Å². The van der Waals surface area contributed by atoms with Crippen LogP contribution in [-0.2, 0) is 11.3 Å². The number of nitrogens with one attached hydrogen (secondary N) is 1. The van der Waals surface area contributed by atoms with Gasteiger partial charge in [-0.05, 0) is 51.3 Å². The van der Waals surface area contributed by atoms with E-state index in [2.05, 4.69) is 15.2 Å². The molecule has 3 heterocycles. The van der Waals surface area contributed by atoms with Gasteiger partial charge in [-0.25, -0.2) is 4.98 Å². The molecule has 3 aromatic rings. The first-order valence-corrected chi connectivity index (χ1v) is 10.3. The van der Waals surface area contributed by atoms with Gasteiger partial charge in [0.05, 0.1) is 11.3 Å². The van der Waals surface area contributed by atoms with Gasteiger partial charge in [-0.3, -0.25) is 4.79 Å². The van der Waals surface area contributed by atoms with Gasteiger partial charge in [-0.15, -0.1) is 0 Å². The number of halogens is 1. The van der Waals surface area contributed by atoms with E-state index in [4.69, 9.17) is 21.0 Å². The standard InChI is InChI=1S/C22H25ClN4O2/c1-13-14(2)29-22-19(13)20(25-15(3)26-22)27-9-5-7-17(12-27)21(28)24-11-16-6-4-8-18(23)10-16/h4,6,8,10,17H,5,7,9,11-12H2,1-3H3,(H,24,28)/t17-/m1/s1. The maximum Gasteiger partial charge on any atom is 0.231 e. The van der Waals surface area contributed by atoms with Gasteiger partial charge in [-0.1, -0.05) is 23.7 Å². The third-order valence-electron chi connectivity index (χ3n) is 5.57. The van der Waals surface area contributed by atoms with Gasteiger partial charge in [0.25, 0.3) is 0 Å². The van der Waals surface area contributed by atoms with Crippen LogP contribution in [0.5, 0.6) is 0 Å². The maximum absolute atomic E-state index is 12.8. The van der Waals surface area contributed by atoms with Crippen molar-refractivity contribution < 1.29 is 9.21 Å². The Bertz CT molecular complexity index is 1060. The van der Waals surface area contributed by atoms with Crippen LogP contribution in [0.2, 0.25) is 5.02 Å². The number of nitrogens with zero attached hydrogens (tertiary/aromatic N) is 3. The lowest BCUT2D eigenvalue weighted by molar-refractivity contribution is -0.125. The Balaban J connectivity index is 1.51. The predicted octanol–water partition coefficient (Wildman–Crippen LogP) is 4.33. The molecule has 1 amide bonds. The van der Waals surface area contributed by atoms with E-state index in [1.54, 1.807) is 0 Å². The first-order valence-electron chi connectivity index (χ1n) is 9.94. The third-order valence-corrected chi connectivity index (χ3v) is 5.80. The topological polar surface area (TPSA) is 71.3 Å². The summed E-state index contributed by atoms with van der Waals surface area (Å²) in [5.74, 6) is 2.38. The molecule has 4 rings (SSSR count). The number of fused-ring (bicyclic) bond motifs is 1. The lowest BCUT2D eigenvalue weighted by Gasteiger charge is -2.33. The lowest BCUT2D eigenvalue weighted by Crippen LogP contribution is -2.43. The number of hydrogen-bond acceptors (Lipinski definition) is 5. The number of rotatable bonds is 4. The van der Waals surface area contributed by atoms with E-state index in [-0.39, 0.29) is 11.8 Å². The van der Waals surface area contributed by atoms with Crippen molar-refractivity contribution in [2.24, 2.45) is 5.92 Å². The Hall–Kier alpha value is -2.60. The van der Waals surface area contributed by atoms with Crippen LogP contribution < -0.4 is 10.2 Å². The van der Waals surface area contributed by atoms with Crippen molar-refractivity contribution in [2.45, 2.75) is 40.2 Å². The molecule has 6 nitrogen and oxygen atoms in total. The van der Waals surface area contributed by atoms with Crippen molar-refractivity contribution in [2.75, 3.05) is 18.0 Å². The summed E-state index contributed by atoms with van der Waals surface area (Å²) in [5.41, 5.74) is 2.67. The van der Waals surface area contributed by atoms with E-state index in [1.807, 2.05) is 45.0 Å². The molecule has 0 spiro atoms. The number of furan rings is 1. The summed E-state index contributed by atoms with van der Waals surface area (Å²) in [7, 11) is 0. The zero-order chi connectivity index (χ0) is 20.5. The highest BCUT2D eigenvalue weighted by Crippen LogP contribution is 2.33. The molecule has 29 heavy (non-hydrogen) atoms. The summed E-state index contributed by atoms with van der Waals surface area (Å²) in [6.07, 6.45) is 1.81. The lowest BCUT2D eigenvalue weighted by atomic mass is 9.96. The van der Waals surface area contributed by atoms with Crippen molar-refractivity contribution in [1.29, 1.82) is 0 Å². The first kappa shape index (κ1) is 19.7. The van der Waals surface area contributed by atoms with E-state index in [1.165, 1.54) is 0 Å². The molecule has 0 unspecified atom stereocenters. The van der Waals surface area contributed by atoms with Gasteiger partial charge in [0.15, 0.2) is 0 Å². The number of carbonyl (C=O) groups is 1. The minimum Gasteiger partial charge on any atom is -0.443 e. The molecule has 2 aromatic heterocycles. The van der Waals surface area contributed by atoms with Crippen LogP contribution >= 0.6 is 11.6 Å². The SMILES string of the molecule is Cc1nc(N2CCC[C@@H](C(=O)NCc3cccc(Cl)c3)C2)c2c(C)c(C)oc2n1. The Morgan fingerprint density at radius 2 is 2.14 bits per heavy atom. The summed E-state index contributed by atoms with van der Waals surface area (Å²) in [6.45, 7) is 7.83. The summed E-state index contributed by atoms with van der Waals surface area (Å²) >= 11 is 6.03. The highest BCUT2D eigenvalue weighted by molar-refractivity contribution is 6.30. The molecule has 1 N–H and O–H groups in total. The molecule has 1 aliphatic rings. The van der Waals surface area contributed by atoms with Gasteiger partial charge >= 0.3 is 0 Å². The molecule has 1 fully saturated rings. The minimum atomic E-state index is -0.0819. The molecular weight excluding hydrogens is 388 g/mol. The predicted molar refractivity (Wildman–Crippen MR) is 114 cm³/mol. The second kappa shape index (κ2) is 8.03. The van der Waals surface area contributed by atoms with Crippen LogP contribution in [0.3, 0.4) is 0 Å². The van der Waals surface area contributed by atoms with Gasteiger partial charge in [0.1, 0.15) is 17.4 Å². The summed E-state index contributed by atoms with van der Waals surface area (Å²) < 4.78 is 5.81. The zero-order valence-corrected chi connectivity index (χ0v) is 17.7. The van der Waals surface area contributed by atoms with Crippen LogP contribution in [0.4, 0.5) is 5.82 Å². The molecule has 1 aromatic carbocycles. The van der Waals surface area contributed by atoms with E-state index < -0.39 is 0 Å². The Labute approximate surface area is 175 Å². The molecular formula is C22H25ClN4O2. The van der Waals surface area contributed by atoms with Gasteiger partial charge < -0.3 is 14.6 Å². The number of anilines is 1. The summed E-state index contributed by atoms with van der Waals surface area (Å²) in [6, 6.07) is 7.56. The van der Waals surface area contributed by atoms with Gasteiger partial charge in [-0.2, -0.15) is 4.98 Å². The Kier molecular flexibility index (Phi) is 5.46. The molecule has 152 valence electrons. The highest BCUT2D eigenvalue weighted by atomic mass is 35.5. The molecule has 1 atom stereocenters. The van der Waals surface area contributed by atoms with Crippen LogP contribution in [0.25, 0.3) is 11.1 Å². The summed E-state index contributed by atoms with van der Waals surface area (Å²) in [5, 5.41) is 4.68. The normalized spacial score (nSPS) is 17.0. The zero-order valence-electron chi connectivity index (χ0n) is 17.0.